The number of hydrogen-bond acceptors (Lipinski definition) is 5. The average Bonchev–Trinajstić information content (AvgIpc) is 2.84. The number of carbonyl (C=O) groups excluding carboxylic acids is 1. The minimum absolute atomic E-state index is 0.0191. The van der Waals surface area contributed by atoms with E-state index in [0.717, 1.165) is 20.3 Å². The van der Waals surface area contributed by atoms with E-state index in [1.807, 2.05) is 28.7 Å². The SMILES string of the molecule is Nc1cc(Br)cnc1N.O=C1Cc2ncc(Br)cc2N1.[2H]CI. The molecule has 1 aliphatic rings. The van der Waals surface area contributed by atoms with Crippen molar-refractivity contribution in [2.45, 2.75) is 6.42 Å². The fourth-order valence-corrected chi connectivity index (χ4v) is 2.21. The monoisotopic (exact) mass is 542 g/mol. The molecule has 0 aliphatic carbocycles. The zero-order valence-corrected chi connectivity index (χ0v) is 16.6. The molecular formula is C13H14Br2IN5O. The molecule has 9 heteroatoms. The smallest absolute Gasteiger partial charge is 0.230 e. The number of pyridine rings is 2. The van der Waals surface area contributed by atoms with Crippen LogP contribution in [0.4, 0.5) is 17.2 Å². The maximum absolute atomic E-state index is 10.8. The van der Waals surface area contributed by atoms with Gasteiger partial charge in [0.15, 0.2) is 0 Å². The normalized spacial score (nSPS) is 12.0. The summed E-state index contributed by atoms with van der Waals surface area (Å²) < 4.78 is 7.92. The number of anilines is 3. The van der Waals surface area contributed by atoms with Crippen LogP contribution in [0.1, 0.15) is 7.06 Å². The van der Waals surface area contributed by atoms with Gasteiger partial charge in [0.2, 0.25) is 5.91 Å². The van der Waals surface area contributed by atoms with E-state index < -0.39 is 0 Å². The molecule has 2 aromatic rings. The first-order chi connectivity index (χ1) is 10.9. The van der Waals surface area contributed by atoms with E-state index in [2.05, 4.69) is 47.1 Å². The number of alkyl halides is 1. The molecule has 0 saturated carbocycles. The van der Waals surface area contributed by atoms with Crippen LogP contribution in [-0.2, 0) is 11.2 Å². The number of nitrogens with two attached hydrogens (primary N) is 2. The molecule has 0 saturated heterocycles. The molecule has 5 N–H and O–H groups in total. The number of nitrogen functional groups attached to an aromatic ring is 2. The van der Waals surface area contributed by atoms with Crippen LogP contribution in [0, 0.1) is 0 Å². The topological polar surface area (TPSA) is 107 Å². The van der Waals surface area contributed by atoms with Crippen LogP contribution >= 0.6 is 54.5 Å². The van der Waals surface area contributed by atoms with Crippen LogP contribution in [0.2, 0.25) is 0 Å². The van der Waals surface area contributed by atoms with Gasteiger partial charge >= 0.3 is 0 Å². The number of rotatable bonds is 0. The van der Waals surface area contributed by atoms with Crippen molar-refractivity contribution in [2.24, 2.45) is 0 Å². The number of carbonyl (C=O) groups is 1. The summed E-state index contributed by atoms with van der Waals surface area (Å²) in [5.41, 5.74) is 12.9. The third kappa shape index (κ3) is 5.69. The van der Waals surface area contributed by atoms with Gasteiger partial charge in [-0.2, -0.15) is 0 Å². The molecule has 118 valence electrons. The molecule has 3 heterocycles. The van der Waals surface area contributed by atoms with E-state index in [4.69, 9.17) is 12.8 Å². The Labute approximate surface area is 160 Å². The molecule has 0 aromatic carbocycles. The summed E-state index contributed by atoms with van der Waals surface area (Å²) in [5, 5.41) is 2.71. The molecule has 1 aliphatic heterocycles. The van der Waals surface area contributed by atoms with Crippen molar-refractivity contribution >= 4 is 77.6 Å². The van der Waals surface area contributed by atoms with Gasteiger partial charge in [-0.05, 0) is 48.9 Å². The summed E-state index contributed by atoms with van der Waals surface area (Å²) in [6.07, 6.45) is 3.70. The van der Waals surface area contributed by atoms with Crippen molar-refractivity contribution in [3.8, 4) is 0 Å². The van der Waals surface area contributed by atoms with E-state index in [1.165, 1.54) is 0 Å². The lowest BCUT2D eigenvalue weighted by Crippen LogP contribution is -2.03. The third-order valence-corrected chi connectivity index (χ3v) is 3.32. The highest BCUT2D eigenvalue weighted by molar-refractivity contribution is 14.1. The number of amides is 1. The van der Waals surface area contributed by atoms with E-state index in [1.54, 1.807) is 18.5 Å². The highest BCUT2D eigenvalue weighted by atomic mass is 127. The summed E-state index contributed by atoms with van der Waals surface area (Å²) in [6.45, 7) is 0. The molecule has 0 atom stereocenters. The van der Waals surface area contributed by atoms with Gasteiger partial charge < -0.3 is 16.8 Å². The van der Waals surface area contributed by atoms with E-state index in [0.29, 0.717) is 22.8 Å². The minimum atomic E-state index is 0.0191. The molecule has 6 nitrogen and oxygen atoms in total. The second kappa shape index (κ2) is 9.26. The van der Waals surface area contributed by atoms with Crippen molar-refractivity contribution in [3.63, 3.8) is 0 Å². The van der Waals surface area contributed by atoms with Crippen molar-refractivity contribution in [2.75, 3.05) is 21.7 Å². The number of halogens is 3. The Kier molecular flexibility index (Phi) is 7.33. The lowest BCUT2D eigenvalue weighted by Gasteiger charge is -1.96. The quantitative estimate of drug-likeness (QED) is 0.349. The van der Waals surface area contributed by atoms with Gasteiger partial charge in [-0.3, -0.25) is 9.78 Å². The lowest BCUT2D eigenvalue weighted by molar-refractivity contribution is -0.115. The summed E-state index contributed by atoms with van der Waals surface area (Å²) >= 11 is 8.42. The highest BCUT2D eigenvalue weighted by Gasteiger charge is 2.18. The number of hydrogen-bond donors (Lipinski definition) is 3. The van der Waals surface area contributed by atoms with Gasteiger partial charge in [0.25, 0.3) is 0 Å². The second-order valence-corrected chi connectivity index (χ2v) is 5.83. The predicted octanol–water partition coefficient (Wildman–Crippen LogP) is 3.40. The molecule has 3 rings (SSSR count). The summed E-state index contributed by atoms with van der Waals surface area (Å²) in [6, 6.07) is 3.57. The first-order valence-corrected chi connectivity index (χ1v) is 8.94. The molecule has 22 heavy (non-hydrogen) atoms. The Morgan fingerprint density at radius 1 is 1.27 bits per heavy atom. The molecule has 0 unspecified atom stereocenters. The van der Waals surface area contributed by atoms with E-state index in [-0.39, 0.29) is 5.91 Å². The number of nitrogens with zero attached hydrogens (tertiary/aromatic N) is 2. The van der Waals surface area contributed by atoms with Gasteiger partial charge in [-0.1, -0.05) is 22.6 Å². The summed E-state index contributed by atoms with van der Waals surface area (Å²) in [7, 11) is 0. The fourth-order valence-electron chi connectivity index (χ4n) is 1.53. The highest BCUT2D eigenvalue weighted by Crippen LogP contribution is 2.23. The van der Waals surface area contributed by atoms with E-state index >= 15 is 0 Å². The van der Waals surface area contributed by atoms with E-state index in [9.17, 15) is 4.79 Å². The Balaban J connectivity index is 0.000000200. The maximum atomic E-state index is 10.8. The molecule has 0 bridgehead atoms. The molecule has 0 fully saturated rings. The fraction of sp³-hybridized carbons (Fsp3) is 0.154. The molecule has 0 radical (unpaired) electrons. The van der Waals surface area contributed by atoms with Crippen molar-refractivity contribution < 1.29 is 6.17 Å². The molecular weight excluding hydrogens is 529 g/mol. The van der Waals surface area contributed by atoms with Crippen molar-refractivity contribution in [1.82, 2.24) is 9.97 Å². The van der Waals surface area contributed by atoms with Crippen molar-refractivity contribution in [3.05, 3.63) is 39.2 Å². The second-order valence-electron chi connectivity index (χ2n) is 4.00. The first-order valence-electron chi connectivity index (χ1n) is 6.54. The van der Waals surface area contributed by atoms with Gasteiger partial charge in [0.1, 0.15) is 5.82 Å². The largest absolute Gasteiger partial charge is 0.396 e. The Bertz CT molecular complexity index is 689. The summed E-state index contributed by atoms with van der Waals surface area (Å²) in [5.74, 6) is 0.392. The maximum Gasteiger partial charge on any atom is 0.230 e. The van der Waals surface area contributed by atoms with Crippen LogP contribution < -0.4 is 16.8 Å². The number of aromatic nitrogens is 2. The Morgan fingerprint density at radius 2 is 1.86 bits per heavy atom. The number of nitrogens with one attached hydrogen (secondary N) is 1. The average molecular weight is 544 g/mol. The Hall–Kier alpha value is -0.940. The zero-order chi connectivity index (χ0) is 17.4. The Morgan fingerprint density at radius 3 is 2.45 bits per heavy atom. The van der Waals surface area contributed by atoms with Crippen LogP contribution in [0.25, 0.3) is 0 Å². The van der Waals surface area contributed by atoms with Gasteiger partial charge in [-0.25, -0.2) is 4.98 Å². The lowest BCUT2D eigenvalue weighted by atomic mass is 10.3. The molecule has 2 aromatic heterocycles. The van der Waals surface area contributed by atoms with Gasteiger partial charge in [0.05, 0.1) is 23.5 Å². The molecule has 1 amide bonds. The minimum Gasteiger partial charge on any atom is -0.396 e. The predicted molar refractivity (Wildman–Crippen MR) is 105 cm³/mol. The molecule has 0 spiro atoms. The standard InChI is InChI=1S/C7H5BrN2O.C5H6BrN3.CH3I/c8-4-1-6-5(9-3-4)2-7(11)10-6;6-3-1-4(7)5(8)9-2-3;1-2/h1,3H,2H2,(H,10,11);1-2H,7H2,(H2,8,9);1H3/i;;1D. The van der Waals surface area contributed by atoms with Crippen LogP contribution in [0.3, 0.4) is 0 Å². The first kappa shape index (κ1) is 17.4. The number of fused-ring (bicyclic) bond motifs is 1. The third-order valence-electron chi connectivity index (χ3n) is 2.46. The zero-order valence-electron chi connectivity index (χ0n) is 12.3. The van der Waals surface area contributed by atoms with Gasteiger partial charge in [-0.15, -0.1) is 0 Å². The van der Waals surface area contributed by atoms with Crippen LogP contribution in [0.5, 0.6) is 0 Å². The van der Waals surface area contributed by atoms with Crippen molar-refractivity contribution in [1.29, 1.82) is 0 Å². The van der Waals surface area contributed by atoms with Gasteiger partial charge in [0, 0.05) is 22.7 Å². The van der Waals surface area contributed by atoms with Crippen LogP contribution in [-0.4, -0.2) is 20.8 Å². The summed E-state index contributed by atoms with van der Waals surface area (Å²) in [4.78, 5) is 19.2. The van der Waals surface area contributed by atoms with Crippen LogP contribution in [0.15, 0.2) is 33.5 Å².